The number of hydrogen-bond donors (Lipinski definition) is 3. The van der Waals surface area contributed by atoms with Crippen molar-refractivity contribution >= 4 is 23.4 Å². The number of thioether (sulfide) groups is 1. The minimum atomic E-state index is -0.206. The molecule has 4 aromatic rings. The van der Waals surface area contributed by atoms with Gasteiger partial charge >= 0.3 is 0 Å². The summed E-state index contributed by atoms with van der Waals surface area (Å²) in [6.45, 7) is 1.86. The summed E-state index contributed by atoms with van der Waals surface area (Å²) in [6, 6.07) is 26.4. The van der Waals surface area contributed by atoms with Gasteiger partial charge in [0, 0.05) is 11.3 Å². The van der Waals surface area contributed by atoms with Gasteiger partial charge in [-0.1, -0.05) is 66.4 Å². The van der Waals surface area contributed by atoms with Gasteiger partial charge in [-0.15, -0.1) is 10.2 Å². The van der Waals surface area contributed by atoms with Gasteiger partial charge in [-0.2, -0.15) is 0 Å². The lowest BCUT2D eigenvalue weighted by Crippen LogP contribution is -2.37. The number of aromatic hydroxyl groups is 1. The van der Waals surface area contributed by atoms with E-state index < -0.39 is 0 Å². The number of nitrogens with one attached hydrogen (secondary N) is 2. The fourth-order valence-electron chi connectivity index (χ4n) is 3.20. The second-order valence-electron chi connectivity index (χ2n) is 7.05. The predicted octanol–water partition coefficient (Wildman–Crippen LogP) is 4.41. The largest absolute Gasteiger partial charge is 0.508 e. The van der Waals surface area contributed by atoms with Crippen LogP contribution in [0.2, 0.25) is 0 Å². The third kappa shape index (κ3) is 5.42. The number of carbonyl (C=O) groups excluding carboxylic acids is 1. The highest BCUT2D eigenvalue weighted by Crippen LogP contribution is 2.27. The van der Waals surface area contributed by atoms with E-state index in [9.17, 15) is 9.90 Å². The van der Waals surface area contributed by atoms with E-state index in [1.807, 2.05) is 78.2 Å². The number of hydrazine groups is 1. The Morgan fingerprint density at radius 2 is 1.61 bits per heavy atom. The van der Waals surface area contributed by atoms with Crippen molar-refractivity contribution in [2.75, 3.05) is 5.75 Å². The molecule has 0 fully saturated rings. The summed E-state index contributed by atoms with van der Waals surface area (Å²) < 4.78 is 1.95. The summed E-state index contributed by atoms with van der Waals surface area (Å²) in [7, 11) is 0. The number of phenols is 1. The molecule has 0 unspecified atom stereocenters. The van der Waals surface area contributed by atoms with Crippen LogP contribution >= 0.6 is 11.8 Å². The van der Waals surface area contributed by atoms with E-state index >= 15 is 0 Å². The topological polar surface area (TPSA) is 92.1 Å². The first-order chi connectivity index (χ1) is 16.2. The summed E-state index contributed by atoms with van der Waals surface area (Å²) in [6.07, 6.45) is 1.85. The van der Waals surface area contributed by atoms with Crippen molar-refractivity contribution in [3.8, 4) is 22.8 Å². The van der Waals surface area contributed by atoms with Gasteiger partial charge < -0.3 is 5.11 Å². The van der Waals surface area contributed by atoms with Crippen LogP contribution in [0.15, 0.2) is 96.2 Å². The Balaban J connectivity index is 1.46. The Morgan fingerprint density at radius 1 is 0.939 bits per heavy atom. The van der Waals surface area contributed by atoms with Gasteiger partial charge in [-0.3, -0.25) is 20.2 Å². The standard InChI is InChI=1S/C25H23N5O2S/c1-2-22(18-13-15-21(31)16-14-18)26-27-23(32)17-33-25-29-28-24(19-9-5-3-6-10-19)30(25)20-11-7-4-8-12-20/h2-16,26,31H,17H2,1H3,(H,27,32). The first-order valence-corrected chi connectivity index (χ1v) is 11.3. The number of rotatable bonds is 8. The summed E-state index contributed by atoms with van der Waals surface area (Å²) in [5.74, 6) is 0.847. The van der Waals surface area contributed by atoms with Crippen molar-refractivity contribution in [1.82, 2.24) is 25.6 Å². The molecular weight excluding hydrogens is 434 g/mol. The van der Waals surface area contributed by atoms with Crippen LogP contribution in [0.5, 0.6) is 5.75 Å². The molecule has 0 saturated carbocycles. The molecule has 0 aliphatic rings. The number of phenolic OH excluding ortho intramolecular Hbond substituents is 1. The molecule has 1 heterocycles. The fraction of sp³-hybridized carbons (Fsp3) is 0.0800. The highest BCUT2D eigenvalue weighted by atomic mass is 32.2. The molecule has 8 heteroatoms. The molecule has 7 nitrogen and oxygen atoms in total. The molecule has 0 aliphatic heterocycles. The first-order valence-electron chi connectivity index (χ1n) is 10.4. The molecule has 0 radical (unpaired) electrons. The van der Waals surface area contributed by atoms with Crippen LogP contribution in [0.25, 0.3) is 22.8 Å². The molecular formula is C25H23N5O2S. The van der Waals surface area contributed by atoms with Crippen molar-refractivity contribution < 1.29 is 9.90 Å². The zero-order valence-electron chi connectivity index (χ0n) is 18.0. The number of aromatic nitrogens is 3. The van der Waals surface area contributed by atoms with Crippen LogP contribution < -0.4 is 10.9 Å². The van der Waals surface area contributed by atoms with Crippen molar-refractivity contribution in [1.29, 1.82) is 0 Å². The summed E-state index contributed by atoms with van der Waals surface area (Å²) in [5.41, 5.74) is 9.10. The SMILES string of the molecule is CC=C(NNC(=O)CSc1nnc(-c2ccccc2)n1-c1ccccc1)c1ccc(O)cc1. The quantitative estimate of drug-likeness (QED) is 0.268. The van der Waals surface area contributed by atoms with Crippen LogP contribution in [0, 0.1) is 0 Å². The van der Waals surface area contributed by atoms with Crippen molar-refractivity contribution in [3.63, 3.8) is 0 Å². The third-order valence-electron chi connectivity index (χ3n) is 4.82. The third-order valence-corrected chi connectivity index (χ3v) is 5.74. The molecule has 0 spiro atoms. The van der Waals surface area contributed by atoms with Crippen LogP contribution in [0.3, 0.4) is 0 Å². The maximum atomic E-state index is 12.5. The van der Waals surface area contributed by atoms with E-state index in [4.69, 9.17) is 0 Å². The van der Waals surface area contributed by atoms with E-state index in [0.717, 1.165) is 22.5 Å². The molecule has 0 saturated heterocycles. The van der Waals surface area contributed by atoms with Crippen molar-refractivity contribution in [2.24, 2.45) is 0 Å². The van der Waals surface area contributed by atoms with E-state index in [1.165, 1.54) is 11.8 Å². The number of nitrogens with zero attached hydrogens (tertiary/aromatic N) is 3. The van der Waals surface area contributed by atoms with Crippen molar-refractivity contribution in [2.45, 2.75) is 12.1 Å². The molecule has 1 amide bonds. The Labute approximate surface area is 196 Å². The van der Waals surface area contributed by atoms with Crippen LogP contribution in [-0.2, 0) is 4.79 Å². The molecule has 33 heavy (non-hydrogen) atoms. The average molecular weight is 458 g/mol. The molecule has 3 aromatic carbocycles. The second kappa shape index (κ2) is 10.5. The number of benzene rings is 3. The molecule has 1 aromatic heterocycles. The number of allylic oxidation sites excluding steroid dienone is 1. The van der Waals surface area contributed by atoms with Gasteiger partial charge in [0.2, 0.25) is 5.91 Å². The minimum absolute atomic E-state index is 0.152. The Hall–Kier alpha value is -4.04. The zero-order chi connectivity index (χ0) is 23.0. The highest BCUT2D eigenvalue weighted by Gasteiger charge is 2.17. The predicted molar refractivity (Wildman–Crippen MR) is 131 cm³/mol. The van der Waals surface area contributed by atoms with E-state index in [2.05, 4.69) is 21.0 Å². The lowest BCUT2D eigenvalue weighted by Gasteiger charge is -2.13. The molecule has 3 N–H and O–H groups in total. The summed E-state index contributed by atoms with van der Waals surface area (Å²) in [5, 5.41) is 18.8. The molecule has 166 valence electrons. The monoisotopic (exact) mass is 457 g/mol. The van der Waals surface area contributed by atoms with Gasteiger partial charge in [-0.05, 0) is 48.9 Å². The number of amides is 1. The number of carbonyl (C=O) groups is 1. The van der Waals surface area contributed by atoms with Crippen LogP contribution in [-0.4, -0.2) is 31.5 Å². The van der Waals surface area contributed by atoms with E-state index in [-0.39, 0.29) is 17.4 Å². The maximum absolute atomic E-state index is 12.5. The number of para-hydroxylation sites is 1. The van der Waals surface area contributed by atoms with Gasteiger partial charge in [-0.25, -0.2) is 0 Å². The second-order valence-corrected chi connectivity index (χ2v) is 8.00. The van der Waals surface area contributed by atoms with Gasteiger partial charge in [0.25, 0.3) is 0 Å². The Bertz CT molecular complexity index is 1240. The van der Waals surface area contributed by atoms with E-state index in [0.29, 0.717) is 11.0 Å². The molecule has 0 atom stereocenters. The zero-order valence-corrected chi connectivity index (χ0v) is 18.8. The Kier molecular flexibility index (Phi) is 7.06. The first kappa shape index (κ1) is 22.2. The smallest absolute Gasteiger partial charge is 0.248 e. The molecule has 0 aliphatic carbocycles. The van der Waals surface area contributed by atoms with Gasteiger partial charge in [0.15, 0.2) is 11.0 Å². The van der Waals surface area contributed by atoms with E-state index in [1.54, 1.807) is 24.3 Å². The minimum Gasteiger partial charge on any atom is -0.508 e. The van der Waals surface area contributed by atoms with Crippen LogP contribution in [0.4, 0.5) is 0 Å². The summed E-state index contributed by atoms with van der Waals surface area (Å²) >= 11 is 1.31. The van der Waals surface area contributed by atoms with Crippen molar-refractivity contribution in [3.05, 3.63) is 96.6 Å². The van der Waals surface area contributed by atoms with Gasteiger partial charge in [0.05, 0.1) is 11.4 Å². The lowest BCUT2D eigenvalue weighted by molar-refractivity contribution is -0.119. The molecule has 4 rings (SSSR count). The van der Waals surface area contributed by atoms with Crippen LogP contribution in [0.1, 0.15) is 12.5 Å². The Morgan fingerprint density at radius 3 is 2.27 bits per heavy atom. The average Bonchev–Trinajstić information content (AvgIpc) is 3.29. The fourth-order valence-corrected chi connectivity index (χ4v) is 3.95. The lowest BCUT2D eigenvalue weighted by atomic mass is 10.1. The highest BCUT2D eigenvalue weighted by molar-refractivity contribution is 7.99. The maximum Gasteiger partial charge on any atom is 0.248 e. The number of hydrogen-bond acceptors (Lipinski definition) is 6. The van der Waals surface area contributed by atoms with Gasteiger partial charge in [0.1, 0.15) is 5.75 Å². The normalized spacial score (nSPS) is 11.2. The molecule has 0 bridgehead atoms. The summed E-state index contributed by atoms with van der Waals surface area (Å²) in [4.78, 5) is 12.5.